The first kappa shape index (κ1) is 96.3. The maximum atomic E-state index is 15.2. The van der Waals surface area contributed by atoms with Gasteiger partial charge >= 0.3 is 17.9 Å². The Hall–Kier alpha value is -11.9. The molecule has 4 heterocycles. The number of aromatic nitrogens is 2. The molecule has 656 valence electrons. The Labute approximate surface area is 709 Å². The number of benzene rings is 3. The number of nitrogens with two attached hydrogens (primary N) is 2. The minimum absolute atomic E-state index is 0.0119. The number of rotatable bonds is 35. The Bertz CT molecular complexity index is 4330. The van der Waals surface area contributed by atoms with Gasteiger partial charge in [0.1, 0.15) is 78.5 Å². The largest absolute Gasteiger partial charge is 0.481 e. The lowest BCUT2D eigenvalue weighted by Gasteiger charge is -2.34. The highest BCUT2D eigenvalue weighted by Gasteiger charge is 2.46. The molecule has 7 rings (SSSR count). The van der Waals surface area contributed by atoms with Crippen LogP contribution in [-0.2, 0) is 112 Å². The molecule has 14 atom stereocenters. The zero-order valence-corrected chi connectivity index (χ0v) is 69.3. The van der Waals surface area contributed by atoms with Crippen molar-refractivity contribution >= 4 is 142 Å². The van der Waals surface area contributed by atoms with Crippen LogP contribution in [0.3, 0.4) is 0 Å². The van der Waals surface area contributed by atoms with Crippen molar-refractivity contribution in [1.82, 2.24) is 83.6 Å². The van der Waals surface area contributed by atoms with E-state index >= 15 is 14.4 Å². The minimum Gasteiger partial charge on any atom is -0.481 e. The molecule has 3 aromatic carbocycles. The van der Waals surface area contributed by atoms with Crippen molar-refractivity contribution in [1.29, 1.82) is 5.41 Å². The lowest BCUT2D eigenvalue weighted by atomic mass is 10.0. The van der Waals surface area contributed by atoms with E-state index in [2.05, 4.69) is 73.8 Å². The second-order valence-corrected chi connectivity index (χ2v) is 32.2. The van der Waals surface area contributed by atoms with E-state index < -0.39 is 229 Å². The number of amides is 14. The fourth-order valence-electron chi connectivity index (χ4n) is 13.6. The van der Waals surface area contributed by atoms with Gasteiger partial charge in [0.25, 0.3) is 0 Å². The third kappa shape index (κ3) is 31.3. The number of primary amides is 1. The number of carboxylic acids is 3. The smallest absolute Gasteiger partial charge is 0.305 e. The number of aliphatic carboxylic acids is 3. The topological polar surface area (TPSA) is 627 Å². The number of carbonyl (C=O) groups excluding carboxylic acids is 14. The number of hydrogen-bond donors (Lipinski definition) is 20. The van der Waals surface area contributed by atoms with E-state index in [9.17, 15) is 87.5 Å². The molecule has 4 aromatic rings. The fraction of sp³-hybridized carbons (Fsp3) is 0.500. The van der Waals surface area contributed by atoms with Crippen molar-refractivity contribution in [2.75, 3.05) is 43.1 Å². The van der Waals surface area contributed by atoms with Gasteiger partial charge in [-0.15, -0.1) is 0 Å². The molecule has 1 aromatic heterocycles. The summed E-state index contributed by atoms with van der Waals surface area (Å²) in [5.74, 6) is -18.5. The highest BCUT2D eigenvalue weighted by atomic mass is 32.2. The summed E-state index contributed by atoms with van der Waals surface area (Å²) in [7, 11) is 0. The summed E-state index contributed by atoms with van der Waals surface area (Å²) in [5, 5.41) is 79.0. The van der Waals surface area contributed by atoms with Crippen LogP contribution >= 0.6 is 35.3 Å². The van der Waals surface area contributed by atoms with Gasteiger partial charge in [0.05, 0.1) is 31.0 Å². The van der Waals surface area contributed by atoms with E-state index in [1.54, 1.807) is 84.9 Å². The van der Waals surface area contributed by atoms with Crippen LogP contribution in [0.4, 0.5) is 0 Å². The number of hydrogen-bond acceptors (Lipinski definition) is 23. The van der Waals surface area contributed by atoms with Crippen LogP contribution in [0.1, 0.15) is 112 Å². The van der Waals surface area contributed by atoms with Gasteiger partial charge in [-0.05, 0) is 92.6 Å². The van der Waals surface area contributed by atoms with E-state index in [-0.39, 0.29) is 87.5 Å². The molecule has 2 saturated heterocycles. The summed E-state index contributed by atoms with van der Waals surface area (Å²) in [4.78, 5) is 248. The molecule has 0 spiro atoms. The molecule has 121 heavy (non-hydrogen) atoms. The van der Waals surface area contributed by atoms with Crippen molar-refractivity contribution < 1.29 is 102 Å². The van der Waals surface area contributed by atoms with Crippen LogP contribution in [0.15, 0.2) is 97.5 Å². The van der Waals surface area contributed by atoms with Crippen molar-refractivity contribution in [2.45, 2.75) is 200 Å². The molecule has 3 aliphatic heterocycles. The highest BCUT2D eigenvalue weighted by Crippen LogP contribution is 2.28. The minimum atomic E-state index is -2.11. The second-order valence-electron chi connectivity index (χ2n) is 29.2. The van der Waals surface area contributed by atoms with E-state index in [0.717, 1.165) is 18.7 Å². The first-order valence-corrected chi connectivity index (χ1v) is 42.8. The number of carbonyl (C=O) groups is 17. The predicted molar refractivity (Wildman–Crippen MR) is 442 cm³/mol. The average Bonchev–Trinajstić information content (AvgIpc) is 1.67. The molecule has 2 bridgehead atoms. The Morgan fingerprint density at radius 2 is 1.16 bits per heavy atom. The molecule has 0 radical (unpaired) electrons. The summed E-state index contributed by atoms with van der Waals surface area (Å²) in [6.07, 6.45) is -1.15. The lowest BCUT2D eigenvalue weighted by Crippen LogP contribution is -2.62. The monoisotopic (exact) mass is 1740 g/mol. The van der Waals surface area contributed by atoms with Crippen LogP contribution in [-0.4, -0.2) is 275 Å². The fourth-order valence-corrected chi connectivity index (χ4v) is 16.1. The molecule has 22 N–H and O–H groups in total. The maximum absolute atomic E-state index is 15.2. The highest BCUT2D eigenvalue weighted by molar-refractivity contribution is 7.99. The van der Waals surface area contributed by atoms with Gasteiger partial charge in [-0.1, -0.05) is 84.9 Å². The maximum Gasteiger partial charge on any atom is 0.305 e. The second kappa shape index (κ2) is 48.4. The molecule has 43 heteroatoms. The van der Waals surface area contributed by atoms with Crippen LogP contribution in [0.25, 0.3) is 0 Å². The Balaban J connectivity index is 1.25. The number of guanidine groups is 1. The van der Waals surface area contributed by atoms with Gasteiger partial charge in [-0.25, -0.2) is 4.98 Å². The molecule has 40 nitrogen and oxygen atoms in total. The van der Waals surface area contributed by atoms with Crippen molar-refractivity contribution in [3.63, 3.8) is 0 Å². The van der Waals surface area contributed by atoms with Crippen LogP contribution in [0, 0.1) is 5.41 Å². The summed E-state index contributed by atoms with van der Waals surface area (Å²) in [5.41, 5.74) is 13.2. The van der Waals surface area contributed by atoms with E-state index in [1.807, 2.05) is 6.26 Å². The summed E-state index contributed by atoms with van der Waals surface area (Å²) in [6.45, 7) is 2.50. The number of nitrogens with one attached hydrogen (secondary N) is 14. The van der Waals surface area contributed by atoms with Gasteiger partial charge in [-0.2, -0.15) is 35.3 Å². The number of carboxylic acid groups (broad SMARTS) is 3. The number of thioether (sulfide) groups is 3. The lowest BCUT2D eigenvalue weighted by molar-refractivity contribution is -0.148. The Morgan fingerprint density at radius 3 is 1.74 bits per heavy atom. The number of aromatic amines is 1. The summed E-state index contributed by atoms with van der Waals surface area (Å²) < 4.78 is 0. The van der Waals surface area contributed by atoms with Crippen LogP contribution in [0.5, 0.6) is 0 Å². The summed E-state index contributed by atoms with van der Waals surface area (Å²) >= 11 is 3.73. The number of aliphatic hydroxyl groups is 1. The van der Waals surface area contributed by atoms with E-state index in [1.165, 1.54) is 52.8 Å². The van der Waals surface area contributed by atoms with Crippen LogP contribution < -0.4 is 75.3 Å². The number of imidazole rings is 1. The standard InChI is InChI=1S/C78H105N19O21S3/c1-42(98)64-75(116)87-50(23-24-61(100)101)67(108)89-54(32-45-16-8-5-9-17-45)70(111)93-57(39-120-37-46-18-10-19-47(30-46)38-121-40-58(94-68(109)51(25-29-119-3)85-43(2)99)76(117)97-28-13-22-60(97)77(118)96-27-12-21-59(96)74(115)95-64)73(114)92-56(35-63(104)105)72(113)91-55(33-48-36-82-41-84-48)71(112)90-53(31-44-14-6-4-7-15-44)69(110)86-49(20-11-26-83-78(80)81)66(107)88-52(65(79)106)34-62(102)103/h4-10,14-19,30,36,41-42,49-60,64,98H,11-13,20-29,31-35,37-40H2,1-3H3,(H2,79,106)(H,82,84)(H,85,99)(H,86,110)(H,87,116)(H,88,107)(H,89,108)(H,90,112)(H,91,113)(H,92,114)(H,93,111)(H,94,109)(H,95,115)(H,100,101)(H,102,103)(H,104,105)(H4,80,81,83)/t42-,49+,50+,51+,52+,53+,54+,55+,56+,57+,58+,59+,60+,64+/m1/s1. The van der Waals surface area contributed by atoms with Gasteiger partial charge < -0.3 is 110 Å². The van der Waals surface area contributed by atoms with Gasteiger partial charge in [-0.3, -0.25) is 86.9 Å². The molecule has 0 aliphatic carbocycles. The Morgan fingerprint density at radius 1 is 0.603 bits per heavy atom. The normalized spacial score (nSPS) is 20.7. The van der Waals surface area contributed by atoms with Gasteiger partial charge in [0.15, 0.2) is 5.96 Å². The molecular weight excluding hydrogens is 1640 g/mol. The number of fused-ring (bicyclic) bond motifs is 4. The molecule has 0 unspecified atom stereocenters. The molecule has 0 saturated carbocycles. The first-order valence-electron chi connectivity index (χ1n) is 39.1. The third-order valence-corrected chi connectivity index (χ3v) is 22.6. The first-order chi connectivity index (χ1) is 57.7. The third-order valence-electron chi connectivity index (χ3n) is 19.8. The molecule has 14 amide bonds. The van der Waals surface area contributed by atoms with Crippen molar-refractivity contribution in [3.8, 4) is 0 Å². The average molecular weight is 1740 g/mol. The Kier molecular flexibility index (Phi) is 38.5. The molecular formula is C78H105N19O21S3. The zero-order valence-electron chi connectivity index (χ0n) is 66.8. The number of nitrogens with zero attached hydrogens (tertiary/aromatic N) is 3. The van der Waals surface area contributed by atoms with E-state index in [4.69, 9.17) is 16.9 Å². The van der Waals surface area contributed by atoms with Crippen LogP contribution in [0.2, 0.25) is 0 Å². The SMILES string of the molecule is CSCC[C@H](NC(C)=O)C(=O)N[C@H]1CSCc2cccc(c2)CSC[C@@H](C(=O)N[C@@H](CC(=O)O)C(=O)N[C@@H](Cc2c[nH]cn2)C(=O)N[C@@H](Cc2ccccc2)C(=O)N[C@@H](CCCNC(=N)N)C(=O)N[C@@H](CC(=O)O)C(N)=O)NC(=O)[C@H](Cc2ccccc2)NC(=O)[C@H](CCC(=O)O)NC(=O)[C@H]([C@@H](C)O)NC(=O)[C@@H]2CCCN2C(=O)[C@@H]2CCCN2C1=O. The van der Waals surface area contributed by atoms with E-state index in [0.29, 0.717) is 40.8 Å². The van der Waals surface area contributed by atoms with Gasteiger partial charge in [0.2, 0.25) is 82.7 Å². The molecule has 3 aliphatic rings. The van der Waals surface area contributed by atoms with Gasteiger partial charge in [0, 0.05) is 81.4 Å². The predicted octanol–water partition coefficient (Wildman–Crippen LogP) is -3.35. The van der Waals surface area contributed by atoms with Crippen molar-refractivity contribution in [3.05, 3.63) is 125 Å². The van der Waals surface area contributed by atoms with Crippen molar-refractivity contribution in [2.24, 2.45) is 11.5 Å². The summed E-state index contributed by atoms with van der Waals surface area (Å²) in [6, 6.07) is 2.39. The zero-order chi connectivity index (χ0) is 88.4. The number of aliphatic hydroxyl groups excluding tert-OH is 1. The molecule has 2 fully saturated rings. The quantitative estimate of drug-likeness (QED) is 0.0122. The number of H-pyrrole nitrogens is 1.